The van der Waals surface area contributed by atoms with Crippen molar-refractivity contribution in [1.82, 2.24) is 0 Å². The number of benzene rings is 1. The van der Waals surface area contributed by atoms with E-state index in [4.69, 9.17) is 0 Å². The predicted octanol–water partition coefficient (Wildman–Crippen LogP) is 6.30. The maximum atomic E-state index is 2.33. The van der Waals surface area contributed by atoms with Crippen molar-refractivity contribution in [2.45, 2.75) is 53.9 Å². The molecule has 0 amide bonds. The van der Waals surface area contributed by atoms with E-state index in [9.17, 15) is 0 Å². The molecule has 0 nitrogen and oxygen atoms in total. The van der Waals surface area contributed by atoms with E-state index in [-0.39, 0.29) is 10.8 Å². The van der Waals surface area contributed by atoms with Gasteiger partial charge in [0, 0.05) is 0 Å². The van der Waals surface area contributed by atoms with Crippen molar-refractivity contribution in [2.75, 3.05) is 0 Å². The van der Waals surface area contributed by atoms with Crippen LogP contribution in [-0.2, 0) is 5.41 Å². The van der Waals surface area contributed by atoms with E-state index in [1.165, 1.54) is 27.8 Å². The van der Waals surface area contributed by atoms with Gasteiger partial charge in [0.25, 0.3) is 0 Å². The highest BCUT2D eigenvalue weighted by Gasteiger charge is 2.20. The fourth-order valence-electron chi connectivity index (χ4n) is 2.49. The fourth-order valence-corrected chi connectivity index (χ4v) is 2.49. The maximum absolute atomic E-state index is 2.33. The van der Waals surface area contributed by atoms with Gasteiger partial charge in [-0.25, -0.2) is 0 Å². The van der Waals surface area contributed by atoms with Gasteiger partial charge < -0.3 is 0 Å². The normalized spacial score (nSPS) is 18.0. The summed E-state index contributed by atoms with van der Waals surface area (Å²) in [5, 5.41) is 0. The van der Waals surface area contributed by atoms with Gasteiger partial charge in [0.15, 0.2) is 0 Å². The molecule has 0 saturated heterocycles. The van der Waals surface area contributed by atoms with Crippen LogP contribution in [0.25, 0.3) is 6.08 Å². The van der Waals surface area contributed by atoms with Gasteiger partial charge in [-0.05, 0) is 51.7 Å². The van der Waals surface area contributed by atoms with E-state index < -0.39 is 0 Å². The minimum atomic E-state index is 0.215. The third-order valence-corrected chi connectivity index (χ3v) is 4.10. The molecule has 0 saturated carbocycles. The van der Waals surface area contributed by atoms with Crippen molar-refractivity contribution in [3.05, 3.63) is 64.3 Å². The van der Waals surface area contributed by atoms with Gasteiger partial charge in [-0.1, -0.05) is 78.0 Å². The molecule has 1 aliphatic rings. The van der Waals surface area contributed by atoms with E-state index >= 15 is 0 Å². The summed E-state index contributed by atoms with van der Waals surface area (Å²) in [7, 11) is 0. The summed E-state index contributed by atoms with van der Waals surface area (Å²) in [4.78, 5) is 0. The molecule has 0 heteroatoms. The second kappa shape index (κ2) is 5.33. The lowest BCUT2D eigenvalue weighted by Gasteiger charge is -2.18. The number of hydrogen-bond acceptors (Lipinski definition) is 0. The van der Waals surface area contributed by atoms with Crippen molar-refractivity contribution in [2.24, 2.45) is 5.41 Å². The SMILES string of the molecule is CC1=CC(C(C)(C)C)=C/C1=C\c1ccc(C(C)(C)C)cc1. The molecule has 0 spiro atoms. The Morgan fingerprint density at radius 1 is 0.762 bits per heavy atom. The zero-order valence-electron chi connectivity index (χ0n) is 14.5. The molecule has 21 heavy (non-hydrogen) atoms. The van der Waals surface area contributed by atoms with Gasteiger partial charge in [0.05, 0.1) is 0 Å². The van der Waals surface area contributed by atoms with E-state index in [1.54, 1.807) is 0 Å². The van der Waals surface area contributed by atoms with Crippen LogP contribution in [-0.4, -0.2) is 0 Å². The van der Waals surface area contributed by atoms with Crippen molar-refractivity contribution in [3.63, 3.8) is 0 Å². The third-order valence-electron chi connectivity index (χ3n) is 4.10. The molecular formula is C21H28. The maximum Gasteiger partial charge on any atom is -0.0132 e. The van der Waals surface area contributed by atoms with Crippen LogP contribution in [0.5, 0.6) is 0 Å². The molecule has 1 aliphatic carbocycles. The smallest absolute Gasteiger partial charge is 0.0132 e. The molecule has 0 atom stereocenters. The molecule has 0 heterocycles. The van der Waals surface area contributed by atoms with E-state index in [2.05, 4.69) is 91.0 Å². The van der Waals surface area contributed by atoms with Crippen molar-refractivity contribution < 1.29 is 0 Å². The van der Waals surface area contributed by atoms with Crippen molar-refractivity contribution in [1.29, 1.82) is 0 Å². The topological polar surface area (TPSA) is 0 Å². The number of rotatable bonds is 1. The summed E-state index contributed by atoms with van der Waals surface area (Å²) in [6, 6.07) is 8.94. The van der Waals surface area contributed by atoms with E-state index in [1.807, 2.05) is 0 Å². The lowest BCUT2D eigenvalue weighted by molar-refractivity contribution is 0.518. The van der Waals surface area contributed by atoms with Crippen molar-refractivity contribution >= 4 is 6.08 Å². The molecule has 0 bridgehead atoms. The Hall–Kier alpha value is -1.56. The Bertz CT molecular complexity index is 605. The van der Waals surface area contributed by atoms with Gasteiger partial charge in [-0.3, -0.25) is 0 Å². The molecule has 1 aromatic carbocycles. The third kappa shape index (κ3) is 3.75. The predicted molar refractivity (Wildman–Crippen MR) is 94.4 cm³/mol. The van der Waals surface area contributed by atoms with Crippen LogP contribution in [0.4, 0.5) is 0 Å². The number of allylic oxidation sites excluding steroid dienone is 5. The average molecular weight is 280 g/mol. The molecule has 0 fully saturated rings. The average Bonchev–Trinajstić information content (AvgIpc) is 2.70. The summed E-state index contributed by atoms with van der Waals surface area (Å²) in [6.45, 7) is 15.8. The molecule has 0 radical (unpaired) electrons. The minimum absolute atomic E-state index is 0.215. The van der Waals surface area contributed by atoms with E-state index in [0.29, 0.717) is 0 Å². The molecule has 1 aromatic rings. The van der Waals surface area contributed by atoms with Crippen LogP contribution >= 0.6 is 0 Å². The molecule has 0 aliphatic heterocycles. The molecular weight excluding hydrogens is 252 g/mol. The first-order valence-corrected chi connectivity index (χ1v) is 7.80. The van der Waals surface area contributed by atoms with Crippen LogP contribution in [0.1, 0.15) is 59.6 Å². The molecule has 2 rings (SSSR count). The van der Waals surface area contributed by atoms with E-state index in [0.717, 1.165) is 0 Å². The van der Waals surface area contributed by atoms with Gasteiger partial charge in [-0.15, -0.1) is 0 Å². The van der Waals surface area contributed by atoms with Gasteiger partial charge in [0.2, 0.25) is 0 Å². The zero-order valence-corrected chi connectivity index (χ0v) is 14.5. The summed E-state index contributed by atoms with van der Waals surface area (Å²) in [6.07, 6.45) is 6.93. The molecule has 0 N–H and O–H groups in total. The first-order valence-electron chi connectivity index (χ1n) is 7.80. The van der Waals surface area contributed by atoms with Gasteiger partial charge in [-0.2, -0.15) is 0 Å². The Morgan fingerprint density at radius 2 is 1.33 bits per heavy atom. The second-order valence-corrected chi connectivity index (χ2v) is 8.15. The standard InChI is InChI=1S/C21H28/c1-15-12-19(21(5,6)7)14-17(15)13-16-8-10-18(11-9-16)20(2,3)4/h8-14H,1-7H3/b17-13+. The Balaban J connectivity index is 2.29. The van der Waals surface area contributed by atoms with Gasteiger partial charge >= 0.3 is 0 Å². The highest BCUT2D eigenvalue weighted by Crippen LogP contribution is 2.35. The summed E-state index contributed by atoms with van der Waals surface area (Å²) in [5.74, 6) is 0. The Labute approximate surface area is 130 Å². The summed E-state index contributed by atoms with van der Waals surface area (Å²) < 4.78 is 0. The number of hydrogen-bond donors (Lipinski definition) is 0. The molecule has 0 unspecified atom stereocenters. The largest absolute Gasteiger partial charge is 0.0579 e. The molecule has 112 valence electrons. The first-order chi connectivity index (χ1) is 9.57. The van der Waals surface area contributed by atoms with Crippen LogP contribution in [0.15, 0.2) is 53.1 Å². The Kier molecular flexibility index (Phi) is 4.02. The lowest BCUT2D eigenvalue weighted by atomic mass is 9.86. The monoisotopic (exact) mass is 280 g/mol. The highest BCUT2D eigenvalue weighted by atomic mass is 14.2. The van der Waals surface area contributed by atoms with Crippen LogP contribution in [0, 0.1) is 5.41 Å². The highest BCUT2D eigenvalue weighted by molar-refractivity contribution is 5.67. The van der Waals surface area contributed by atoms with Crippen LogP contribution in [0.3, 0.4) is 0 Å². The zero-order chi connectivity index (χ0) is 15.8. The fraction of sp³-hybridized carbons (Fsp3) is 0.429. The Morgan fingerprint density at radius 3 is 1.76 bits per heavy atom. The molecule has 0 aromatic heterocycles. The van der Waals surface area contributed by atoms with Crippen LogP contribution < -0.4 is 0 Å². The first kappa shape index (κ1) is 15.8. The van der Waals surface area contributed by atoms with Crippen LogP contribution in [0.2, 0.25) is 0 Å². The van der Waals surface area contributed by atoms with Crippen molar-refractivity contribution in [3.8, 4) is 0 Å². The second-order valence-electron chi connectivity index (χ2n) is 8.15. The van der Waals surface area contributed by atoms with Gasteiger partial charge in [0.1, 0.15) is 0 Å². The quantitative estimate of drug-likeness (QED) is 0.566. The summed E-state index contributed by atoms with van der Waals surface area (Å²) in [5.41, 5.74) is 7.20. The lowest BCUT2D eigenvalue weighted by Crippen LogP contribution is -2.10. The summed E-state index contributed by atoms with van der Waals surface area (Å²) >= 11 is 0. The minimum Gasteiger partial charge on any atom is -0.0579 e.